The largest absolute Gasteiger partial charge is 0.465 e. The second-order valence-electron chi connectivity index (χ2n) is 5.98. The molecule has 0 saturated carbocycles. The van der Waals surface area contributed by atoms with Crippen LogP contribution >= 0.6 is 0 Å². The lowest BCUT2D eigenvalue weighted by Crippen LogP contribution is -2.36. The van der Waals surface area contributed by atoms with Crippen LogP contribution in [0.2, 0.25) is 0 Å². The van der Waals surface area contributed by atoms with Crippen LogP contribution < -0.4 is 10.9 Å². The molecule has 1 N–H and O–H groups in total. The van der Waals surface area contributed by atoms with E-state index in [1.807, 2.05) is 19.9 Å². The molecule has 0 radical (unpaired) electrons. The van der Waals surface area contributed by atoms with E-state index in [1.54, 1.807) is 31.2 Å². The van der Waals surface area contributed by atoms with E-state index in [4.69, 9.17) is 4.74 Å². The first-order valence-corrected chi connectivity index (χ1v) is 8.52. The summed E-state index contributed by atoms with van der Waals surface area (Å²) >= 11 is 0. The van der Waals surface area contributed by atoms with Crippen molar-refractivity contribution in [1.29, 1.82) is 0 Å². The minimum Gasteiger partial charge on any atom is -0.465 e. The van der Waals surface area contributed by atoms with Gasteiger partial charge in [0.05, 0.1) is 24.9 Å². The van der Waals surface area contributed by atoms with Gasteiger partial charge in [-0.2, -0.15) is 5.10 Å². The number of hydrogen-bond donors (Lipinski definition) is 1. The Labute approximate surface area is 152 Å². The van der Waals surface area contributed by atoms with Crippen molar-refractivity contribution in [3.05, 3.63) is 64.1 Å². The van der Waals surface area contributed by atoms with E-state index in [-0.39, 0.29) is 30.5 Å². The van der Waals surface area contributed by atoms with Crippen LogP contribution in [0.3, 0.4) is 0 Å². The van der Waals surface area contributed by atoms with Crippen molar-refractivity contribution in [2.24, 2.45) is 0 Å². The molecule has 2 rings (SSSR count). The molecule has 0 aliphatic rings. The highest BCUT2D eigenvalue weighted by molar-refractivity contribution is 6.00. The molecule has 1 aromatic heterocycles. The lowest BCUT2D eigenvalue weighted by atomic mass is 10.0. The van der Waals surface area contributed by atoms with E-state index in [1.165, 1.54) is 16.8 Å². The number of carbonyl (C=O) groups is 2. The zero-order chi connectivity index (χ0) is 19.1. The summed E-state index contributed by atoms with van der Waals surface area (Å²) in [6.07, 6.45) is 0. The zero-order valence-corrected chi connectivity index (χ0v) is 15.1. The number of rotatable bonds is 8. The summed E-state index contributed by atoms with van der Waals surface area (Å²) in [5.41, 5.74) is 0.606. The summed E-state index contributed by atoms with van der Waals surface area (Å²) in [5, 5.41) is 7.21. The Morgan fingerprint density at radius 3 is 2.46 bits per heavy atom. The molecule has 1 unspecified atom stereocenters. The highest BCUT2D eigenvalue weighted by Gasteiger charge is 2.25. The van der Waals surface area contributed by atoms with Gasteiger partial charge < -0.3 is 4.74 Å². The number of ether oxygens (including phenoxy) is 1. The summed E-state index contributed by atoms with van der Waals surface area (Å²) in [5.74, 6) is -0.702. The molecular weight excluding hydrogens is 334 g/mol. The van der Waals surface area contributed by atoms with Gasteiger partial charge in [0.2, 0.25) is 0 Å². The van der Waals surface area contributed by atoms with Gasteiger partial charge >= 0.3 is 5.97 Å². The summed E-state index contributed by atoms with van der Waals surface area (Å²) in [7, 11) is 0. The number of aromatic nitrogens is 2. The van der Waals surface area contributed by atoms with Gasteiger partial charge in [0, 0.05) is 11.6 Å². The van der Waals surface area contributed by atoms with Crippen molar-refractivity contribution in [3.63, 3.8) is 0 Å². The van der Waals surface area contributed by atoms with Crippen LogP contribution in [0, 0.1) is 0 Å². The molecule has 1 atom stereocenters. The lowest BCUT2D eigenvalue weighted by Gasteiger charge is -2.18. The second kappa shape index (κ2) is 9.05. The molecule has 0 saturated heterocycles. The summed E-state index contributed by atoms with van der Waals surface area (Å²) < 4.78 is 6.22. The minimum atomic E-state index is -0.868. The third-order valence-corrected chi connectivity index (χ3v) is 3.71. The van der Waals surface area contributed by atoms with Gasteiger partial charge in [0.25, 0.3) is 5.56 Å². The summed E-state index contributed by atoms with van der Waals surface area (Å²) in [4.78, 5) is 36.6. The van der Waals surface area contributed by atoms with Crippen LogP contribution in [0.1, 0.15) is 48.9 Å². The van der Waals surface area contributed by atoms with Crippen LogP contribution in [0.4, 0.5) is 0 Å². The standard InChI is InChI=1S/C19H23N3O4/c1-4-26-17(24)12-20-18(19(25)14-8-6-5-7-9-14)15-10-11-16(23)22(21-15)13(2)3/h5-11,13,18,20H,4,12H2,1-3H3. The number of benzene rings is 1. The quantitative estimate of drug-likeness (QED) is 0.573. The molecule has 0 aliphatic heterocycles. The van der Waals surface area contributed by atoms with Gasteiger partial charge in [-0.1, -0.05) is 30.3 Å². The number of nitrogens with zero attached hydrogens (tertiary/aromatic N) is 2. The van der Waals surface area contributed by atoms with Gasteiger partial charge in [-0.25, -0.2) is 4.68 Å². The SMILES string of the molecule is CCOC(=O)CNC(C(=O)c1ccccc1)c1ccc(=O)n(C(C)C)n1. The van der Waals surface area contributed by atoms with Crippen molar-refractivity contribution < 1.29 is 14.3 Å². The molecule has 0 amide bonds. The lowest BCUT2D eigenvalue weighted by molar-refractivity contribution is -0.142. The van der Waals surface area contributed by atoms with Gasteiger partial charge in [-0.15, -0.1) is 0 Å². The first-order chi connectivity index (χ1) is 12.4. The first-order valence-electron chi connectivity index (χ1n) is 8.52. The highest BCUT2D eigenvalue weighted by atomic mass is 16.5. The molecule has 0 spiro atoms. The Morgan fingerprint density at radius 1 is 1.15 bits per heavy atom. The summed E-state index contributed by atoms with van der Waals surface area (Å²) in [6, 6.07) is 10.6. The molecule has 1 heterocycles. The number of esters is 1. The number of ketones is 1. The predicted molar refractivity (Wildman–Crippen MR) is 97.0 cm³/mol. The van der Waals surface area contributed by atoms with Crippen molar-refractivity contribution in [2.75, 3.05) is 13.2 Å². The van der Waals surface area contributed by atoms with Gasteiger partial charge in [0.1, 0.15) is 6.04 Å². The Hall–Kier alpha value is -2.80. The summed E-state index contributed by atoms with van der Waals surface area (Å²) in [6.45, 7) is 5.49. The first kappa shape index (κ1) is 19.5. The van der Waals surface area contributed by atoms with E-state index in [2.05, 4.69) is 10.4 Å². The van der Waals surface area contributed by atoms with Crippen LogP contribution in [0.15, 0.2) is 47.3 Å². The molecule has 138 valence electrons. The maximum absolute atomic E-state index is 12.9. The fourth-order valence-electron chi connectivity index (χ4n) is 2.46. The van der Waals surface area contributed by atoms with E-state index in [0.29, 0.717) is 11.3 Å². The Bertz CT molecular complexity index is 815. The number of Topliss-reactive ketones (excluding diaryl/α,β-unsaturated/α-hetero) is 1. The number of nitrogens with one attached hydrogen (secondary N) is 1. The molecule has 7 nitrogen and oxygen atoms in total. The van der Waals surface area contributed by atoms with E-state index < -0.39 is 12.0 Å². The monoisotopic (exact) mass is 357 g/mol. The molecule has 26 heavy (non-hydrogen) atoms. The molecule has 0 bridgehead atoms. The molecule has 0 aliphatic carbocycles. The normalized spacial score (nSPS) is 12.0. The fourth-order valence-corrected chi connectivity index (χ4v) is 2.46. The van der Waals surface area contributed by atoms with Gasteiger partial charge in [-0.3, -0.25) is 19.7 Å². The van der Waals surface area contributed by atoms with Crippen LogP contribution in [-0.4, -0.2) is 34.7 Å². The zero-order valence-electron chi connectivity index (χ0n) is 15.1. The van der Waals surface area contributed by atoms with Crippen molar-refractivity contribution in [3.8, 4) is 0 Å². The van der Waals surface area contributed by atoms with E-state index in [9.17, 15) is 14.4 Å². The maximum atomic E-state index is 12.9. The maximum Gasteiger partial charge on any atom is 0.319 e. The van der Waals surface area contributed by atoms with E-state index in [0.717, 1.165) is 0 Å². The number of carbonyl (C=O) groups excluding carboxylic acids is 2. The third kappa shape index (κ3) is 4.86. The Balaban J connectivity index is 2.37. The molecule has 7 heteroatoms. The van der Waals surface area contributed by atoms with Crippen LogP contribution in [0.5, 0.6) is 0 Å². The molecule has 0 fully saturated rings. The highest BCUT2D eigenvalue weighted by Crippen LogP contribution is 2.16. The van der Waals surface area contributed by atoms with Crippen molar-refractivity contribution in [1.82, 2.24) is 15.1 Å². The molecule has 2 aromatic rings. The van der Waals surface area contributed by atoms with E-state index >= 15 is 0 Å². The average Bonchev–Trinajstić information content (AvgIpc) is 2.63. The van der Waals surface area contributed by atoms with Crippen LogP contribution in [0.25, 0.3) is 0 Å². The second-order valence-corrected chi connectivity index (χ2v) is 5.98. The number of hydrogen-bond acceptors (Lipinski definition) is 6. The third-order valence-electron chi connectivity index (χ3n) is 3.71. The average molecular weight is 357 g/mol. The molecule has 1 aromatic carbocycles. The van der Waals surface area contributed by atoms with Crippen molar-refractivity contribution >= 4 is 11.8 Å². The van der Waals surface area contributed by atoms with Gasteiger partial charge in [0.15, 0.2) is 5.78 Å². The Morgan fingerprint density at radius 2 is 1.85 bits per heavy atom. The Kier molecular flexibility index (Phi) is 6.80. The van der Waals surface area contributed by atoms with Crippen molar-refractivity contribution in [2.45, 2.75) is 32.9 Å². The van der Waals surface area contributed by atoms with Crippen LogP contribution in [-0.2, 0) is 9.53 Å². The minimum absolute atomic E-state index is 0.139. The predicted octanol–water partition coefficient (Wildman–Crippen LogP) is 1.90. The smallest absolute Gasteiger partial charge is 0.319 e. The fraction of sp³-hybridized carbons (Fsp3) is 0.368. The molecular formula is C19H23N3O4. The topological polar surface area (TPSA) is 90.3 Å². The van der Waals surface area contributed by atoms with Gasteiger partial charge in [-0.05, 0) is 26.8 Å².